The third-order valence-electron chi connectivity index (χ3n) is 4.84. The molecule has 8 heteroatoms. The molecule has 1 fully saturated rings. The molecule has 8 nitrogen and oxygen atoms in total. The van der Waals surface area contributed by atoms with E-state index in [-0.39, 0.29) is 6.61 Å². The Labute approximate surface area is 149 Å². The van der Waals surface area contributed by atoms with E-state index in [0.29, 0.717) is 11.3 Å². The monoisotopic (exact) mass is 356 g/mol. The second-order valence-electron chi connectivity index (χ2n) is 6.42. The molecular formula is C18H20N4O4. The van der Waals surface area contributed by atoms with Crippen LogP contribution in [0.2, 0.25) is 0 Å². The van der Waals surface area contributed by atoms with Gasteiger partial charge in [0.15, 0.2) is 6.23 Å². The van der Waals surface area contributed by atoms with Gasteiger partial charge in [0, 0.05) is 28.4 Å². The first-order valence-corrected chi connectivity index (χ1v) is 8.32. The van der Waals surface area contributed by atoms with Crippen LogP contribution in [0.4, 0.5) is 5.69 Å². The normalized spacial score (nSPS) is 25.8. The number of nitrogen functional groups attached to an aromatic ring is 1. The largest absolute Gasteiger partial charge is 0.398 e. The van der Waals surface area contributed by atoms with Gasteiger partial charge in [-0.15, -0.1) is 0 Å². The van der Waals surface area contributed by atoms with Crippen molar-refractivity contribution in [2.75, 3.05) is 12.3 Å². The number of aliphatic hydroxyl groups excluding tert-OH is 3. The molecule has 5 N–H and O–H groups in total. The summed E-state index contributed by atoms with van der Waals surface area (Å²) in [6.45, 7) is 1.48. The highest BCUT2D eigenvalue weighted by Crippen LogP contribution is 2.38. The fraction of sp³-hybridized carbons (Fsp3) is 0.333. The Bertz CT molecular complexity index is 958. The molecule has 26 heavy (non-hydrogen) atoms. The van der Waals surface area contributed by atoms with Crippen LogP contribution in [0.5, 0.6) is 0 Å². The number of rotatable bonds is 3. The van der Waals surface area contributed by atoms with Crippen LogP contribution in [0, 0.1) is 6.92 Å². The van der Waals surface area contributed by atoms with Gasteiger partial charge in [0.2, 0.25) is 0 Å². The number of nitrogens with two attached hydrogens (primary N) is 1. The summed E-state index contributed by atoms with van der Waals surface area (Å²) in [6, 6.07) is 7.45. The molecular weight excluding hydrogens is 336 g/mol. The Hall–Kier alpha value is -2.52. The summed E-state index contributed by atoms with van der Waals surface area (Å²) in [4.78, 5) is 8.62. The quantitative estimate of drug-likeness (QED) is 0.506. The zero-order valence-corrected chi connectivity index (χ0v) is 14.1. The molecule has 0 amide bonds. The minimum Gasteiger partial charge on any atom is -0.398 e. The van der Waals surface area contributed by atoms with Gasteiger partial charge in [0.25, 0.3) is 0 Å². The number of aromatic nitrogens is 3. The number of para-hydroxylation sites is 1. The van der Waals surface area contributed by atoms with Crippen LogP contribution in [0.15, 0.2) is 36.8 Å². The molecule has 0 unspecified atom stereocenters. The van der Waals surface area contributed by atoms with Crippen LogP contribution in [-0.4, -0.2) is 54.8 Å². The molecule has 3 heterocycles. The maximum Gasteiger partial charge on any atom is 0.164 e. The number of anilines is 1. The average molecular weight is 356 g/mol. The van der Waals surface area contributed by atoms with Crippen molar-refractivity contribution < 1.29 is 20.1 Å². The summed E-state index contributed by atoms with van der Waals surface area (Å²) in [5.41, 5.74) is 9.71. The summed E-state index contributed by atoms with van der Waals surface area (Å²) in [6.07, 6.45) is -0.890. The predicted octanol–water partition coefficient (Wildman–Crippen LogP) is 0.600. The van der Waals surface area contributed by atoms with Crippen molar-refractivity contribution in [1.29, 1.82) is 0 Å². The smallest absolute Gasteiger partial charge is 0.164 e. The van der Waals surface area contributed by atoms with Gasteiger partial charge in [-0.2, -0.15) is 0 Å². The Morgan fingerprint density at radius 1 is 1.15 bits per heavy atom. The molecule has 1 aliphatic heterocycles. The van der Waals surface area contributed by atoms with Crippen molar-refractivity contribution in [3.63, 3.8) is 0 Å². The minimum absolute atomic E-state index is 0.388. The average Bonchev–Trinajstić information content (AvgIpc) is 3.15. The molecule has 4 atom stereocenters. The zero-order chi connectivity index (χ0) is 18.4. The Morgan fingerprint density at radius 2 is 1.92 bits per heavy atom. The summed E-state index contributed by atoms with van der Waals surface area (Å²) in [5.74, 6) is 0. The number of aliphatic hydroxyl groups is 3. The molecule has 1 saturated heterocycles. The molecule has 2 aromatic heterocycles. The Morgan fingerprint density at radius 3 is 2.62 bits per heavy atom. The van der Waals surface area contributed by atoms with Crippen LogP contribution >= 0.6 is 0 Å². The zero-order valence-electron chi connectivity index (χ0n) is 14.1. The van der Waals surface area contributed by atoms with Gasteiger partial charge in [-0.3, -0.25) is 0 Å². The number of aryl methyl sites for hydroxylation is 1. The highest BCUT2D eigenvalue weighted by molar-refractivity contribution is 5.98. The molecule has 0 radical (unpaired) electrons. The van der Waals surface area contributed by atoms with Gasteiger partial charge < -0.3 is 30.4 Å². The van der Waals surface area contributed by atoms with Crippen LogP contribution in [0.3, 0.4) is 0 Å². The number of ether oxygens (including phenoxy) is 1. The van der Waals surface area contributed by atoms with Gasteiger partial charge >= 0.3 is 0 Å². The van der Waals surface area contributed by atoms with E-state index in [2.05, 4.69) is 9.97 Å². The first kappa shape index (κ1) is 16.9. The second-order valence-corrected chi connectivity index (χ2v) is 6.42. The van der Waals surface area contributed by atoms with E-state index in [9.17, 15) is 15.3 Å². The molecule has 0 saturated carbocycles. The SMILES string of the molecule is Cc1ncnc2c1c(-c1ccccc1N)cn2[C@@H]1O[C@H](CO)[C@@H](O)[C@H]1O. The molecule has 0 aliphatic carbocycles. The molecule has 3 aromatic rings. The lowest BCUT2D eigenvalue weighted by Gasteiger charge is -2.17. The third-order valence-corrected chi connectivity index (χ3v) is 4.84. The van der Waals surface area contributed by atoms with Crippen molar-refractivity contribution in [2.24, 2.45) is 0 Å². The molecule has 1 aromatic carbocycles. The summed E-state index contributed by atoms with van der Waals surface area (Å²) in [5, 5.41) is 30.6. The van der Waals surface area contributed by atoms with E-state index in [1.54, 1.807) is 10.8 Å². The lowest BCUT2D eigenvalue weighted by molar-refractivity contribution is -0.0508. The maximum absolute atomic E-state index is 10.4. The number of hydrogen-bond donors (Lipinski definition) is 4. The minimum atomic E-state index is -1.20. The number of fused-ring (bicyclic) bond motifs is 1. The van der Waals surface area contributed by atoms with E-state index in [4.69, 9.17) is 10.5 Å². The van der Waals surface area contributed by atoms with E-state index < -0.39 is 24.5 Å². The lowest BCUT2D eigenvalue weighted by Crippen LogP contribution is -2.33. The van der Waals surface area contributed by atoms with Crippen LogP contribution in [0.1, 0.15) is 11.9 Å². The Balaban J connectivity index is 1.93. The Kier molecular flexibility index (Phi) is 4.12. The number of nitrogens with zero attached hydrogens (tertiary/aromatic N) is 3. The molecule has 4 rings (SSSR count). The van der Waals surface area contributed by atoms with E-state index in [0.717, 1.165) is 22.2 Å². The molecule has 136 valence electrons. The third kappa shape index (κ3) is 2.46. The topological polar surface area (TPSA) is 127 Å². The van der Waals surface area contributed by atoms with Crippen molar-refractivity contribution in [1.82, 2.24) is 14.5 Å². The van der Waals surface area contributed by atoms with Gasteiger partial charge in [-0.25, -0.2) is 9.97 Å². The van der Waals surface area contributed by atoms with Crippen molar-refractivity contribution in [3.05, 3.63) is 42.5 Å². The highest BCUT2D eigenvalue weighted by Gasteiger charge is 2.44. The summed E-state index contributed by atoms with van der Waals surface area (Å²) in [7, 11) is 0. The number of benzene rings is 1. The van der Waals surface area contributed by atoms with Gasteiger partial charge in [-0.1, -0.05) is 18.2 Å². The molecule has 1 aliphatic rings. The first-order valence-electron chi connectivity index (χ1n) is 8.32. The van der Waals surface area contributed by atoms with E-state index in [1.807, 2.05) is 31.2 Å². The van der Waals surface area contributed by atoms with Gasteiger partial charge in [0.05, 0.1) is 12.3 Å². The summed E-state index contributed by atoms with van der Waals surface area (Å²) >= 11 is 0. The first-order chi connectivity index (χ1) is 12.5. The van der Waals surface area contributed by atoms with Crippen molar-refractivity contribution in [3.8, 4) is 11.1 Å². The standard InChI is InChI=1S/C18H20N4O4/c1-9-14-11(10-4-2-3-5-12(10)19)6-22(17(14)21-8-20-9)18-16(25)15(24)13(7-23)26-18/h2-6,8,13,15-16,18,23-25H,7,19H2,1H3/t13-,15-,16-,18-/m1/s1. The highest BCUT2D eigenvalue weighted by atomic mass is 16.6. The van der Waals surface area contributed by atoms with Crippen molar-refractivity contribution >= 4 is 16.7 Å². The predicted molar refractivity (Wildman–Crippen MR) is 95.1 cm³/mol. The van der Waals surface area contributed by atoms with Gasteiger partial charge in [-0.05, 0) is 13.0 Å². The van der Waals surface area contributed by atoms with Crippen molar-refractivity contribution in [2.45, 2.75) is 31.5 Å². The fourth-order valence-electron chi connectivity index (χ4n) is 3.49. The van der Waals surface area contributed by atoms with Crippen LogP contribution < -0.4 is 5.73 Å². The lowest BCUT2D eigenvalue weighted by atomic mass is 10.0. The maximum atomic E-state index is 10.4. The van der Waals surface area contributed by atoms with E-state index in [1.165, 1.54) is 6.33 Å². The molecule has 0 spiro atoms. The van der Waals surface area contributed by atoms with Gasteiger partial charge in [0.1, 0.15) is 30.3 Å². The fourth-order valence-corrected chi connectivity index (χ4v) is 3.49. The number of hydrogen-bond acceptors (Lipinski definition) is 7. The van der Waals surface area contributed by atoms with Crippen LogP contribution in [-0.2, 0) is 4.74 Å². The molecule has 0 bridgehead atoms. The second kappa shape index (κ2) is 6.33. The van der Waals surface area contributed by atoms with E-state index >= 15 is 0 Å². The van der Waals surface area contributed by atoms with Crippen LogP contribution in [0.25, 0.3) is 22.2 Å². The summed E-state index contributed by atoms with van der Waals surface area (Å²) < 4.78 is 7.33.